The topological polar surface area (TPSA) is 57.7 Å². The quantitative estimate of drug-likeness (QED) is 0.732. The molecule has 0 unspecified atom stereocenters. The molecule has 0 aliphatic carbocycles. The van der Waals surface area contributed by atoms with Gasteiger partial charge < -0.3 is 9.80 Å². The van der Waals surface area contributed by atoms with Gasteiger partial charge in [0.2, 0.25) is 9.84 Å². The van der Waals surface area contributed by atoms with Crippen molar-refractivity contribution in [3.8, 4) is 0 Å². The van der Waals surface area contributed by atoms with Crippen molar-refractivity contribution in [2.75, 3.05) is 18.0 Å². The van der Waals surface area contributed by atoms with E-state index in [2.05, 4.69) is 19.1 Å². The van der Waals surface area contributed by atoms with Gasteiger partial charge in [-0.15, -0.1) is 0 Å². The van der Waals surface area contributed by atoms with Crippen LogP contribution < -0.4 is 4.90 Å². The zero-order valence-electron chi connectivity index (χ0n) is 16.7. The molecule has 6 heteroatoms. The Balaban J connectivity index is 1.77. The molecule has 1 saturated heterocycles. The highest BCUT2D eigenvalue weighted by atomic mass is 32.2. The summed E-state index contributed by atoms with van der Waals surface area (Å²) in [6.45, 7) is 3.39. The number of para-hydroxylation sites is 1. The molecule has 0 spiro atoms. The highest BCUT2D eigenvalue weighted by Crippen LogP contribution is 2.40. The van der Waals surface area contributed by atoms with Crippen LogP contribution in [0.3, 0.4) is 0 Å². The third kappa shape index (κ3) is 3.69. The predicted octanol–water partition coefficient (Wildman–Crippen LogP) is 4.42. The van der Waals surface area contributed by atoms with Crippen molar-refractivity contribution in [2.45, 2.75) is 43.9 Å². The Bertz CT molecular complexity index is 1040. The molecule has 0 saturated carbocycles. The summed E-state index contributed by atoms with van der Waals surface area (Å²) in [5.74, 6) is -0.401. The summed E-state index contributed by atoms with van der Waals surface area (Å²) in [6, 6.07) is 15.0. The number of carbonyl (C=O) groups excluding carboxylic acids is 1. The van der Waals surface area contributed by atoms with Crippen LogP contribution in [0.25, 0.3) is 0 Å². The minimum atomic E-state index is -3.85. The Kier molecular flexibility index (Phi) is 5.46. The first-order chi connectivity index (χ1) is 14.0. The first-order valence-corrected chi connectivity index (χ1v) is 11.7. The Labute approximate surface area is 172 Å². The highest BCUT2D eigenvalue weighted by molar-refractivity contribution is 7.96. The molecule has 0 bridgehead atoms. The lowest BCUT2D eigenvalue weighted by Crippen LogP contribution is -2.35. The van der Waals surface area contributed by atoms with E-state index >= 15 is 0 Å². The van der Waals surface area contributed by atoms with Gasteiger partial charge in [-0.3, -0.25) is 4.79 Å². The fourth-order valence-corrected chi connectivity index (χ4v) is 5.46. The summed E-state index contributed by atoms with van der Waals surface area (Å²) in [5.41, 5.74) is 2.68. The number of anilines is 2. The number of carbonyl (C=O) groups is 1. The largest absolute Gasteiger partial charge is 0.338 e. The molecule has 0 N–H and O–H groups in total. The molecular weight excluding hydrogens is 384 g/mol. The number of rotatable bonds is 5. The van der Waals surface area contributed by atoms with Gasteiger partial charge in [-0.05, 0) is 55.5 Å². The first kappa shape index (κ1) is 19.7. The van der Waals surface area contributed by atoms with E-state index in [0.29, 0.717) is 18.8 Å². The third-order valence-electron chi connectivity index (χ3n) is 5.59. The molecule has 1 fully saturated rings. The second-order valence-electron chi connectivity index (χ2n) is 7.60. The van der Waals surface area contributed by atoms with E-state index in [1.165, 1.54) is 11.8 Å². The Hall–Kier alpha value is -2.60. The van der Waals surface area contributed by atoms with Crippen LogP contribution in [0.4, 0.5) is 11.4 Å². The Morgan fingerprint density at radius 2 is 1.69 bits per heavy atom. The van der Waals surface area contributed by atoms with Gasteiger partial charge in [0, 0.05) is 25.0 Å². The molecule has 0 aromatic heterocycles. The zero-order valence-corrected chi connectivity index (χ0v) is 17.5. The average Bonchev–Trinajstić information content (AvgIpc) is 3.28. The van der Waals surface area contributed by atoms with Gasteiger partial charge in [0.25, 0.3) is 5.91 Å². The Morgan fingerprint density at radius 1 is 1.00 bits per heavy atom. The number of sulfone groups is 1. The molecule has 152 valence electrons. The number of aryl methyl sites for hydroxylation is 1. The van der Waals surface area contributed by atoms with Crippen LogP contribution in [0.15, 0.2) is 64.5 Å². The van der Waals surface area contributed by atoms with Crippen LogP contribution in [0.1, 0.15) is 38.2 Å². The second-order valence-corrected chi connectivity index (χ2v) is 9.49. The van der Waals surface area contributed by atoms with E-state index in [9.17, 15) is 13.2 Å². The Morgan fingerprint density at radius 3 is 2.38 bits per heavy atom. The molecule has 29 heavy (non-hydrogen) atoms. The van der Waals surface area contributed by atoms with Crippen molar-refractivity contribution >= 4 is 27.1 Å². The van der Waals surface area contributed by atoms with Crippen LogP contribution >= 0.6 is 0 Å². The van der Waals surface area contributed by atoms with Gasteiger partial charge in [-0.25, -0.2) is 8.42 Å². The van der Waals surface area contributed by atoms with Crippen LogP contribution in [0.2, 0.25) is 0 Å². The molecule has 2 aromatic carbocycles. The SMILES string of the molecule is CCCCc1ccc(N2C=C(C(=O)N3CCCC3)S(=O)(=O)c3ccccc32)cc1. The van der Waals surface area contributed by atoms with Gasteiger partial charge in [0.05, 0.1) is 10.6 Å². The smallest absolute Gasteiger partial charge is 0.267 e. The van der Waals surface area contributed by atoms with Crippen molar-refractivity contribution in [1.29, 1.82) is 0 Å². The average molecular weight is 411 g/mol. The normalized spacial score (nSPS) is 17.8. The number of nitrogens with zero attached hydrogens (tertiary/aromatic N) is 2. The fourth-order valence-electron chi connectivity index (χ4n) is 3.92. The van der Waals surface area contributed by atoms with Crippen LogP contribution in [-0.4, -0.2) is 32.3 Å². The summed E-state index contributed by atoms with van der Waals surface area (Å²) < 4.78 is 26.4. The van der Waals surface area contributed by atoms with E-state index < -0.39 is 15.7 Å². The molecular formula is C23H26N2O3S. The summed E-state index contributed by atoms with van der Waals surface area (Å²) >= 11 is 0. The summed E-state index contributed by atoms with van der Waals surface area (Å²) in [4.78, 5) is 16.5. The number of amides is 1. The third-order valence-corrected chi connectivity index (χ3v) is 7.37. The molecule has 2 aliphatic heterocycles. The van der Waals surface area contributed by atoms with E-state index in [1.54, 1.807) is 23.1 Å². The number of hydrogen-bond donors (Lipinski definition) is 0. The van der Waals surface area contributed by atoms with Crippen LogP contribution in [0.5, 0.6) is 0 Å². The molecule has 2 aromatic rings. The van der Waals surface area contributed by atoms with Crippen LogP contribution in [-0.2, 0) is 21.1 Å². The number of unbranched alkanes of at least 4 members (excludes halogenated alkanes) is 1. The highest BCUT2D eigenvalue weighted by Gasteiger charge is 2.38. The van der Waals surface area contributed by atoms with E-state index in [0.717, 1.165) is 37.8 Å². The number of hydrogen-bond acceptors (Lipinski definition) is 4. The molecule has 0 radical (unpaired) electrons. The maximum atomic E-state index is 13.2. The van der Waals surface area contributed by atoms with Gasteiger partial charge in [-0.2, -0.15) is 0 Å². The van der Waals surface area contributed by atoms with E-state index in [4.69, 9.17) is 0 Å². The van der Waals surface area contributed by atoms with Crippen LogP contribution in [0, 0.1) is 0 Å². The lowest BCUT2D eigenvalue weighted by Gasteiger charge is -2.30. The molecule has 0 atom stereocenters. The van der Waals surface area contributed by atoms with Gasteiger partial charge >= 0.3 is 0 Å². The minimum Gasteiger partial charge on any atom is -0.338 e. The van der Waals surface area contributed by atoms with Crippen molar-refractivity contribution in [3.05, 3.63) is 65.2 Å². The van der Waals surface area contributed by atoms with E-state index in [-0.39, 0.29) is 9.80 Å². The number of fused-ring (bicyclic) bond motifs is 1. The van der Waals surface area contributed by atoms with E-state index in [1.807, 2.05) is 23.1 Å². The maximum absolute atomic E-state index is 13.2. The standard InChI is InChI=1S/C23H26N2O3S/c1-2-3-8-18-11-13-19(14-12-18)25-17-22(23(26)24-15-6-7-16-24)29(27,28)21-10-5-4-9-20(21)25/h4-5,9-14,17H,2-3,6-8,15-16H2,1H3. The molecule has 4 rings (SSSR count). The maximum Gasteiger partial charge on any atom is 0.267 e. The summed E-state index contributed by atoms with van der Waals surface area (Å²) in [7, 11) is -3.85. The van der Waals surface area contributed by atoms with Gasteiger partial charge in [0.15, 0.2) is 4.91 Å². The summed E-state index contributed by atoms with van der Waals surface area (Å²) in [6.07, 6.45) is 6.63. The minimum absolute atomic E-state index is 0.145. The molecule has 1 amide bonds. The lowest BCUT2D eigenvalue weighted by molar-refractivity contribution is -0.125. The number of benzene rings is 2. The molecule has 5 nitrogen and oxygen atoms in total. The fraction of sp³-hybridized carbons (Fsp3) is 0.348. The number of likely N-dealkylation sites (tertiary alicyclic amines) is 1. The van der Waals surface area contributed by atoms with Crippen molar-refractivity contribution in [1.82, 2.24) is 4.90 Å². The van der Waals surface area contributed by atoms with Gasteiger partial charge in [0.1, 0.15) is 0 Å². The monoisotopic (exact) mass is 410 g/mol. The lowest BCUT2D eigenvalue weighted by atomic mass is 10.1. The summed E-state index contributed by atoms with van der Waals surface area (Å²) in [5, 5.41) is 0. The van der Waals surface area contributed by atoms with Gasteiger partial charge in [-0.1, -0.05) is 37.6 Å². The van der Waals surface area contributed by atoms with Crippen molar-refractivity contribution in [3.63, 3.8) is 0 Å². The molecule has 2 aliphatic rings. The van der Waals surface area contributed by atoms with Crippen molar-refractivity contribution < 1.29 is 13.2 Å². The predicted molar refractivity (Wildman–Crippen MR) is 115 cm³/mol. The zero-order chi connectivity index (χ0) is 20.4. The second kappa shape index (κ2) is 8.03. The van der Waals surface area contributed by atoms with Crippen molar-refractivity contribution in [2.24, 2.45) is 0 Å². The molecule has 2 heterocycles. The first-order valence-electron chi connectivity index (χ1n) is 10.3.